The van der Waals surface area contributed by atoms with E-state index >= 15 is 0 Å². The number of aromatic nitrogens is 1. The largest absolute Gasteiger partial charge is 0.481 e. The molecule has 0 bridgehead atoms. The number of aryl methyl sites for hydroxylation is 1. The number of rotatable bonds is 5. The molecule has 2 rings (SSSR count). The second kappa shape index (κ2) is 6.67. The van der Waals surface area contributed by atoms with Gasteiger partial charge in [-0.15, -0.1) is 11.3 Å². The van der Waals surface area contributed by atoms with E-state index in [9.17, 15) is 9.59 Å². The smallest absolute Gasteiger partial charge is 0.325 e. The lowest BCUT2D eigenvalue weighted by Gasteiger charge is -2.06. The molecule has 1 aromatic heterocycles. The van der Waals surface area contributed by atoms with Gasteiger partial charge < -0.3 is 10.4 Å². The van der Waals surface area contributed by atoms with Crippen molar-refractivity contribution in [1.29, 1.82) is 0 Å². The van der Waals surface area contributed by atoms with Gasteiger partial charge in [0, 0.05) is 23.7 Å². The van der Waals surface area contributed by atoms with Crippen LogP contribution in [0.4, 0.5) is 15.6 Å². The molecule has 0 saturated carbocycles. The van der Waals surface area contributed by atoms with E-state index in [1.54, 1.807) is 35.8 Å². The molecule has 1 heterocycles. The molecule has 2 amide bonds. The Labute approximate surface area is 119 Å². The molecular weight excluding hydrogens is 278 g/mol. The van der Waals surface area contributed by atoms with Gasteiger partial charge in [0.2, 0.25) is 0 Å². The molecule has 0 unspecified atom stereocenters. The molecule has 0 radical (unpaired) electrons. The highest BCUT2D eigenvalue weighted by atomic mass is 32.1. The van der Waals surface area contributed by atoms with Crippen LogP contribution in [0.2, 0.25) is 0 Å². The first kappa shape index (κ1) is 14.0. The Morgan fingerprint density at radius 3 is 2.55 bits per heavy atom. The molecule has 0 aliphatic rings. The van der Waals surface area contributed by atoms with E-state index < -0.39 is 5.97 Å². The van der Waals surface area contributed by atoms with Gasteiger partial charge in [-0.25, -0.2) is 9.78 Å². The third-order valence-electron chi connectivity index (χ3n) is 2.49. The fraction of sp³-hybridized carbons (Fsp3) is 0.154. The first-order valence-electron chi connectivity index (χ1n) is 5.92. The Bertz CT molecular complexity index is 581. The summed E-state index contributed by atoms with van der Waals surface area (Å²) in [6.45, 7) is 0. The van der Waals surface area contributed by atoms with E-state index in [1.807, 2.05) is 0 Å². The summed E-state index contributed by atoms with van der Waals surface area (Å²) >= 11 is 1.33. The van der Waals surface area contributed by atoms with Crippen molar-refractivity contribution < 1.29 is 14.7 Å². The van der Waals surface area contributed by atoms with Crippen LogP contribution in [0.15, 0.2) is 35.8 Å². The van der Waals surface area contributed by atoms with Gasteiger partial charge in [-0.3, -0.25) is 10.1 Å². The van der Waals surface area contributed by atoms with E-state index in [0.29, 0.717) is 17.2 Å². The average molecular weight is 291 g/mol. The molecule has 6 nitrogen and oxygen atoms in total. The van der Waals surface area contributed by atoms with E-state index in [1.165, 1.54) is 11.3 Å². The minimum Gasteiger partial charge on any atom is -0.481 e. The number of urea groups is 1. The molecule has 104 valence electrons. The summed E-state index contributed by atoms with van der Waals surface area (Å²) in [5, 5.41) is 16.2. The van der Waals surface area contributed by atoms with Crippen molar-refractivity contribution in [1.82, 2.24) is 4.98 Å². The van der Waals surface area contributed by atoms with Crippen LogP contribution in [0.1, 0.15) is 12.0 Å². The fourth-order valence-corrected chi connectivity index (χ4v) is 2.07. The monoisotopic (exact) mass is 291 g/mol. The van der Waals surface area contributed by atoms with E-state index in [4.69, 9.17) is 5.11 Å². The predicted molar refractivity (Wildman–Crippen MR) is 77.2 cm³/mol. The number of hydrogen-bond acceptors (Lipinski definition) is 4. The Morgan fingerprint density at radius 2 is 1.95 bits per heavy atom. The highest BCUT2D eigenvalue weighted by Gasteiger charge is 2.04. The second-order valence-corrected chi connectivity index (χ2v) is 4.90. The summed E-state index contributed by atoms with van der Waals surface area (Å²) in [5.41, 5.74) is 1.55. The van der Waals surface area contributed by atoms with Gasteiger partial charge >= 0.3 is 12.0 Å². The summed E-state index contributed by atoms with van der Waals surface area (Å²) in [7, 11) is 0. The first-order valence-corrected chi connectivity index (χ1v) is 6.79. The van der Waals surface area contributed by atoms with Gasteiger partial charge in [0.15, 0.2) is 5.13 Å². The van der Waals surface area contributed by atoms with Crippen LogP contribution < -0.4 is 10.6 Å². The van der Waals surface area contributed by atoms with E-state index in [0.717, 1.165) is 5.56 Å². The third kappa shape index (κ3) is 4.36. The molecule has 3 N–H and O–H groups in total. The van der Waals surface area contributed by atoms with Crippen molar-refractivity contribution in [3.8, 4) is 0 Å². The van der Waals surface area contributed by atoms with Crippen molar-refractivity contribution >= 4 is 34.2 Å². The molecule has 0 spiro atoms. The maximum absolute atomic E-state index is 11.6. The topological polar surface area (TPSA) is 91.3 Å². The number of amides is 2. The maximum Gasteiger partial charge on any atom is 0.325 e. The van der Waals surface area contributed by atoms with Crippen molar-refractivity contribution in [2.45, 2.75) is 12.8 Å². The quantitative estimate of drug-likeness (QED) is 0.790. The molecule has 0 fully saturated rings. The molecule has 0 saturated heterocycles. The highest BCUT2D eigenvalue weighted by Crippen LogP contribution is 2.13. The maximum atomic E-state index is 11.6. The zero-order valence-electron chi connectivity index (χ0n) is 10.5. The predicted octanol–water partition coefficient (Wildman–Crippen LogP) is 2.80. The zero-order chi connectivity index (χ0) is 14.4. The van der Waals surface area contributed by atoms with Crippen LogP contribution >= 0.6 is 11.3 Å². The molecule has 0 aliphatic heterocycles. The number of carbonyl (C=O) groups excluding carboxylic acids is 1. The minimum absolute atomic E-state index is 0.0946. The SMILES string of the molecule is O=C(O)CCc1ccc(NC(=O)Nc2nccs2)cc1. The van der Waals surface area contributed by atoms with E-state index in [-0.39, 0.29) is 12.5 Å². The van der Waals surface area contributed by atoms with Crippen molar-refractivity contribution in [2.24, 2.45) is 0 Å². The number of carbonyl (C=O) groups is 2. The summed E-state index contributed by atoms with van der Waals surface area (Å²) in [5.74, 6) is -0.824. The molecular formula is C13H13N3O3S. The van der Waals surface area contributed by atoms with Gasteiger partial charge in [-0.1, -0.05) is 12.1 Å². The second-order valence-electron chi connectivity index (χ2n) is 4.01. The Morgan fingerprint density at radius 1 is 1.20 bits per heavy atom. The fourth-order valence-electron chi connectivity index (χ4n) is 1.55. The van der Waals surface area contributed by atoms with Gasteiger partial charge in [-0.05, 0) is 24.1 Å². The lowest BCUT2D eigenvalue weighted by Crippen LogP contribution is -2.19. The number of carboxylic acid groups (broad SMARTS) is 1. The zero-order valence-corrected chi connectivity index (χ0v) is 11.3. The lowest BCUT2D eigenvalue weighted by atomic mass is 10.1. The van der Waals surface area contributed by atoms with Crippen molar-refractivity contribution in [2.75, 3.05) is 10.6 Å². The van der Waals surface area contributed by atoms with E-state index in [2.05, 4.69) is 15.6 Å². The number of anilines is 2. The lowest BCUT2D eigenvalue weighted by molar-refractivity contribution is -0.136. The number of hydrogen-bond donors (Lipinski definition) is 3. The van der Waals surface area contributed by atoms with Crippen molar-refractivity contribution in [3.05, 3.63) is 41.4 Å². The normalized spacial score (nSPS) is 10.0. The molecule has 0 aliphatic carbocycles. The van der Waals surface area contributed by atoms with Crippen LogP contribution in [0.25, 0.3) is 0 Å². The summed E-state index contributed by atoms with van der Waals surface area (Å²) in [6.07, 6.45) is 2.18. The van der Waals surface area contributed by atoms with Crippen LogP contribution in [0.3, 0.4) is 0 Å². The molecule has 7 heteroatoms. The van der Waals surface area contributed by atoms with Gasteiger partial charge in [0.1, 0.15) is 0 Å². The summed E-state index contributed by atoms with van der Waals surface area (Å²) in [4.78, 5) is 26.1. The summed E-state index contributed by atoms with van der Waals surface area (Å²) in [6, 6.07) is 6.69. The van der Waals surface area contributed by atoms with Crippen LogP contribution in [0, 0.1) is 0 Å². The first-order chi connectivity index (χ1) is 9.63. The number of carboxylic acids is 1. The summed E-state index contributed by atoms with van der Waals surface area (Å²) < 4.78 is 0. The van der Waals surface area contributed by atoms with Gasteiger partial charge in [0.05, 0.1) is 0 Å². The van der Waals surface area contributed by atoms with Crippen molar-refractivity contribution in [3.63, 3.8) is 0 Å². The molecule has 0 atom stereocenters. The van der Waals surface area contributed by atoms with Crippen LogP contribution in [0.5, 0.6) is 0 Å². The number of aliphatic carboxylic acids is 1. The average Bonchev–Trinajstić information content (AvgIpc) is 2.90. The molecule has 20 heavy (non-hydrogen) atoms. The van der Waals surface area contributed by atoms with Crippen LogP contribution in [-0.2, 0) is 11.2 Å². The standard InChI is InChI=1S/C13H13N3O3S/c17-11(18)6-3-9-1-4-10(5-2-9)15-12(19)16-13-14-7-8-20-13/h1-2,4-5,7-8H,3,6H2,(H,17,18)(H2,14,15,16,19). The molecule has 1 aromatic carbocycles. The number of benzene rings is 1. The van der Waals surface area contributed by atoms with Gasteiger partial charge in [-0.2, -0.15) is 0 Å². The minimum atomic E-state index is -0.824. The number of nitrogens with zero attached hydrogens (tertiary/aromatic N) is 1. The Balaban J connectivity index is 1.86. The highest BCUT2D eigenvalue weighted by molar-refractivity contribution is 7.13. The third-order valence-corrected chi connectivity index (χ3v) is 3.18. The number of thiazole rings is 1. The Kier molecular flexibility index (Phi) is 4.67. The van der Waals surface area contributed by atoms with Gasteiger partial charge in [0.25, 0.3) is 0 Å². The van der Waals surface area contributed by atoms with Crippen LogP contribution in [-0.4, -0.2) is 22.1 Å². The molecule has 2 aromatic rings. The number of nitrogens with one attached hydrogen (secondary N) is 2. The Hall–Kier alpha value is -2.41.